The van der Waals surface area contributed by atoms with Gasteiger partial charge in [-0.3, -0.25) is 0 Å². The maximum absolute atomic E-state index is 3.84. The molecular formula is C16H25N. The lowest BCUT2D eigenvalue weighted by atomic mass is 9.97. The molecular weight excluding hydrogens is 206 g/mol. The highest BCUT2D eigenvalue weighted by Crippen LogP contribution is 2.30. The van der Waals surface area contributed by atoms with Gasteiger partial charge in [-0.2, -0.15) is 0 Å². The van der Waals surface area contributed by atoms with Gasteiger partial charge < -0.3 is 5.32 Å². The van der Waals surface area contributed by atoms with Crippen molar-refractivity contribution in [1.29, 1.82) is 0 Å². The number of aryl methyl sites for hydroxylation is 1. The summed E-state index contributed by atoms with van der Waals surface area (Å²) in [5.74, 6) is 0.890. The van der Waals surface area contributed by atoms with E-state index in [1.165, 1.54) is 36.8 Å². The van der Waals surface area contributed by atoms with Crippen molar-refractivity contribution in [2.45, 2.75) is 58.5 Å². The molecule has 0 radical (unpaired) electrons. The van der Waals surface area contributed by atoms with Gasteiger partial charge in [0.25, 0.3) is 0 Å². The molecule has 1 aliphatic rings. The Morgan fingerprint density at radius 1 is 1.29 bits per heavy atom. The molecule has 94 valence electrons. The molecule has 0 aliphatic heterocycles. The number of hydrogen-bond donors (Lipinski definition) is 1. The number of rotatable bonds is 4. The van der Waals surface area contributed by atoms with Gasteiger partial charge in [-0.25, -0.2) is 0 Å². The molecule has 3 unspecified atom stereocenters. The van der Waals surface area contributed by atoms with Crippen molar-refractivity contribution in [2.75, 3.05) is 0 Å². The predicted octanol–water partition coefficient (Wildman–Crippen LogP) is 4.22. The lowest BCUT2D eigenvalue weighted by Crippen LogP contribution is -2.34. The molecule has 3 atom stereocenters. The van der Waals surface area contributed by atoms with Gasteiger partial charge in [-0.1, -0.05) is 44.0 Å². The highest BCUT2D eigenvalue weighted by molar-refractivity contribution is 5.28. The summed E-state index contributed by atoms with van der Waals surface area (Å²) in [7, 11) is 0. The lowest BCUT2D eigenvalue weighted by Gasteiger charge is -2.25. The monoisotopic (exact) mass is 231 g/mol. The average Bonchev–Trinajstić information content (AvgIpc) is 2.76. The molecule has 1 heteroatoms. The van der Waals surface area contributed by atoms with Gasteiger partial charge in [0.1, 0.15) is 0 Å². The minimum absolute atomic E-state index is 0.480. The van der Waals surface area contributed by atoms with E-state index in [2.05, 4.69) is 50.4 Å². The Morgan fingerprint density at radius 2 is 2.06 bits per heavy atom. The second-order valence-corrected chi connectivity index (χ2v) is 5.45. The van der Waals surface area contributed by atoms with Crippen LogP contribution in [0.4, 0.5) is 0 Å². The van der Waals surface area contributed by atoms with Gasteiger partial charge in [0.15, 0.2) is 0 Å². The summed E-state index contributed by atoms with van der Waals surface area (Å²) in [5, 5.41) is 3.84. The fraction of sp³-hybridized carbons (Fsp3) is 0.625. The van der Waals surface area contributed by atoms with E-state index in [1.807, 2.05) is 0 Å². The Morgan fingerprint density at radius 3 is 2.76 bits per heavy atom. The molecule has 1 fully saturated rings. The zero-order valence-corrected chi connectivity index (χ0v) is 11.4. The topological polar surface area (TPSA) is 12.0 Å². The summed E-state index contributed by atoms with van der Waals surface area (Å²) >= 11 is 0. The molecule has 1 aromatic rings. The minimum Gasteiger partial charge on any atom is -0.307 e. The Kier molecular flexibility index (Phi) is 4.22. The Bertz CT molecular complexity index is 358. The first kappa shape index (κ1) is 12.6. The molecule has 0 aromatic heterocycles. The number of benzene rings is 1. The molecule has 0 spiro atoms. The van der Waals surface area contributed by atoms with Crippen LogP contribution in [0.15, 0.2) is 24.3 Å². The van der Waals surface area contributed by atoms with Gasteiger partial charge in [0.2, 0.25) is 0 Å². The lowest BCUT2D eigenvalue weighted by molar-refractivity contribution is 0.360. The van der Waals surface area contributed by atoms with Crippen LogP contribution in [0.5, 0.6) is 0 Å². The van der Waals surface area contributed by atoms with E-state index in [9.17, 15) is 0 Å². The fourth-order valence-electron chi connectivity index (χ4n) is 3.23. The first-order chi connectivity index (χ1) is 8.22. The second-order valence-electron chi connectivity index (χ2n) is 5.45. The van der Waals surface area contributed by atoms with Crippen LogP contribution in [0.1, 0.15) is 56.7 Å². The Hall–Kier alpha value is -0.820. The summed E-state index contributed by atoms with van der Waals surface area (Å²) in [6, 6.07) is 9.94. The van der Waals surface area contributed by atoms with Gasteiger partial charge in [-0.05, 0) is 43.7 Å². The zero-order valence-electron chi connectivity index (χ0n) is 11.4. The molecule has 0 saturated heterocycles. The summed E-state index contributed by atoms with van der Waals surface area (Å²) in [6.07, 6.45) is 5.48. The first-order valence-electron chi connectivity index (χ1n) is 7.04. The third kappa shape index (κ3) is 2.90. The highest BCUT2D eigenvalue weighted by atomic mass is 15.0. The highest BCUT2D eigenvalue weighted by Gasteiger charge is 2.26. The summed E-state index contributed by atoms with van der Waals surface area (Å²) in [5.41, 5.74) is 2.85. The summed E-state index contributed by atoms with van der Waals surface area (Å²) in [6.45, 7) is 6.83. The number of hydrogen-bond acceptors (Lipinski definition) is 1. The number of nitrogens with one attached hydrogen (secondary N) is 1. The molecule has 1 N–H and O–H groups in total. The maximum Gasteiger partial charge on any atom is 0.0297 e. The quantitative estimate of drug-likeness (QED) is 0.818. The largest absolute Gasteiger partial charge is 0.307 e. The van der Waals surface area contributed by atoms with Crippen LogP contribution in [0.3, 0.4) is 0 Å². The van der Waals surface area contributed by atoms with E-state index >= 15 is 0 Å². The molecule has 0 heterocycles. The van der Waals surface area contributed by atoms with E-state index in [0.29, 0.717) is 6.04 Å². The van der Waals surface area contributed by atoms with E-state index in [-0.39, 0.29) is 0 Å². The molecule has 2 rings (SSSR count). The predicted molar refractivity (Wildman–Crippen MR) is 74.1 cm³/mol. The Labute approximate surface area is 106 Å². The van der Waals surface area contributed by atoms with Crippen LogP contribution >= 0.6 is 0 Å². The van der Waals surface area contributed by atoms with Crippen LogP contribution in [0.25, 0.3) is 0 Å². The van der Waals surface area contributed by atoms with Crippen molar-refractivity contribution < 1.29 is 0 Å². The molecule has 0 bridgehead atoms. The standard InChI is InChI=1S/C16H25N/c1-4-14-9-7-11-16(14)17-13(3)15-10-6-5-8-12(15)2/h5-6,8,10,13-14,16-17H,4,7,9,11H2,1-3H3. The maximum atomic E-state index is 3.84. The summed E-state index contributed by atoms with van der Waals surface area (Å²) < 4.78 is 0. The zero-order chi connectivity index (χ0) is 12.3. The third-order valence-corrected chi connectivity index (χ3v) is 4.30. The van der Waals surface area contributed by atoms with Crippen molar-refractivity contribution in [3.8, 4) is 0 Å². The summed E-state index contributed by atoms with van der Waals surface area (Å²) in [4.78, 5) is 0. The minimum atomic E-state index is 0.480. The van der Waals surface area contributed by atoms with Gasteiger partial charge in [0.05, 0.1) is 0 Å². The normalized spacial score (nSPS) is 26.1. The average molecular weight is 231 g/mol. The fourth-order valence-corrected chi connectivity index (χ4v) is 3.23. The van der Waals surface area contributed by atoms with Gasteiger partial charge >= 0.3 is 0 Å². The molecule has 17 heavy (non-hydrogen) atoms. The van der Waals surface area contributed by atoms with Crippen LogP contribution in [-0.2, 0) is 0 Å². The van der Waals surface area contributed by atoms with Crippen LogP contribution in [-0.4, -0.2) is 6.04 Å². The van der Waals surface area contributed by atoms with Gasteiger partial charge in [-0.15, -0.1) is 0 Å². The van der Waals surface area contributed by atoms with Crippen LogP contribution in [0.2, 0.25) is 0 Å². The molecule has 0 amide bonds. The molecule has 1 aliphatic carbocycles. The molecule has 1 aromatic carbocycles. The van der Waals surface area contributed by atoms with Crippen molar-refractivity contribution in [3.05, 3.63) is 35.4 Å². The second kappa shape index (κ2) is 5.68. The van der Waals surface area contributed by atoms with Crippen LogP contribution < -0.4 is 5.32 Å². The van der Waals surface area contributed by atoms with Crippen molar-refractivity contribution in [2.24, 2.45) is 5.92 Å². The molecule has 1 saturated carbocycles. The van der Waals surface area contributed by atoms with E-state index in [4.69, 9.17) is 0 Å². The van der Waals surface area contributed by atoms with E-state index in [0.717, 1.165) is 12.0 Å². The molecule has 1 nitrogen and oxygen atoms in total. The van der Waals surface area contributed by atoms with E-state index < -0.39 is 0 Å². The third-order valence-electron chi connectivity index (χ3n) is 4.30. The van der Waals surface area contributed by atoms with Gasteiger partial charge in [0, 0.05) is 12.1 Å². The van der Waals surface area contributed by atoms with Crippen LogP contribution in [0, 0.1) is 12.8 Å². The van der Waals surface area contributed by atoms with Crippen molar-refractivity contribution in [3.63, 3.8) is 0 Å². The first-order valence-corrected chi connectivity index (χ1v) is 7.04. The van der Waals surface area contributed by atoms with Crippen molar-refractivity contribution >= 4 is 0 Å². The Balaban J connectivity index is 2.01. The van der Waals surface area contributed by atoms with Crippen molar-refractivity contribution in [1.82, 2.24) is 5.32 Å². The smallest absolute Gasteiger partial charge is 0.0297 e. The SMILES string of the molecule is CCC1CCCC1NC(C)c1ccccc1C. The van der Waals surface area contributed by atoms with E-state index in [1.54, 1.807) is 0 Å².